The van der Waals surface area contributed by atoms with Gasteiger partial charge >= 0.3 is 12.0 Å². The zero-order valence-electron chi connectivity index (χ0n) is 14.0. The Morgan fingerprint density at radius 3 is 2.80 bits per heavy atom. The van der Waals surface area contributed by atoms with E-state index in [9.17, 15) is 19.5 Å². The summed E-state index contributed by atoms with van der Waals surface area (Å²) < 4.78 is 10.1. The smallest absolute Gasteiger partial charge is 0.321 e. The first kappa shape index (κ1) is 18.3. The number of amides is 3. The third-order valence-electron chi connectivity index (χ3n) is 3.58. The molecule has 0 spiro atoms. The Morgan fingerprint density at radius 1 is 1.32 bits per heavy atom. The molecule has 134 valence electrons. The number of ether oxygens (including phenoxy) is 1. The number of carbonyl (C=O) groups is 3. The third kappa shape index (κ3) is 5.23. The maximum absolute atomic E-state index is 11.8. The Kier molecular flexibility index (Phi) is 5.99. The number of furan rings is 1. The Balaban J connectivity index is 1.82. The molecule has 0 aliphatic heterocycles. The van der Waals surface area contributed by atoms with Crippen molar-refractivity contribution >= 4 is 28.9 Å². The van der Waals surface area contributed by atoms with Gasteiger partial charge in [-0.05, 0) is 25.5 Å². The minimum Gasteiger partial charge on any atom is -0.508 e. The van der Waals surface area contributed by atoms with Gasteiger partial charge in [-0.3, -0.25) is 14.9 Å². The SMILES string of the molecule is CC[C@H](C)NC(=O)NC(=O)COC(=O)Cc1coc2cc(O)ccc12. The summed E-state index contributed by atoms with van der Waals surface area (Å²) in [6.45, 7) is 3.15. The number of hydrogen-bond donors (Lipinski definition) is 3. The molecular formula is C17H20N2O6. The van der Waals surface area contributed by atoms with Crippen molar-refractivity contribution < 1.29 is 28.6 Å². The number of phenols is 1. The van der Waals surface area contributed by atoms with Crippen molar-refractivity contribution in [2.45, 2.75) is 32.7 Å². The minimum absolute atomic E-state index is 0.0586. The first-order valence-electron chi connectivity index (χ1n) is 7.84. The fraction of sp³-hybridized carbons (Fsp3) is 0.353. The first-order valence-corrected chi connectivity index (χ1v) is 7.84. The van der Waals surface area contributed by atoms with E-state index in [-0.39, 0.29) is 18.2 Å². The molecular weight excluding hydrogens is 328 g/mol. The molecule has 0 unspecified atom stereocenters. The van der Waals surface area contributed by atoms with Crippen LogP contribution in [0.3, 0.4) is 0 Å². The standard InChI is InChI=1S/C17H20N2O6/c1-3-10(2)18-17(23)19-15(21)9-25-16(22)6-11-8-24-14-7-12(20)4-5-13(11)14/h4-5,7-8,10,20H,3,6,9H2,1-2H3,(H2,18,19,21,23)/t10-/m0/s1. The van der Waals surface area contributed by atoms with E-state index < -0.39 is 24.5 Å². The number of fused-ring (bicyclic) bond motifs is 1. The van der Waals surface area contributed by atoms with E-state index in [1.54, 1.807) is 13.0 Å². The number of hydrogen-bond acceptors (Lipinski definition) is 6. The molecule has 25 heavy (non-hydrogen) atoms. The predicted molar refractivity (Wildman–Crippen MR) is 89.0 cm³/mol. The van der Waals surface area contributed by atoms with Crippen LogP contribution in [0.4, 0.5) is 4.79 Å². The maximum Gasteiger partial charge on any atom is 0.321 e. The predicted octanol–water partition coefficient (Wildman–Crippen LogP) is 1.85. The van der Waals surface area contributed by atoms with Gasteiger partial charge < -0.3 is 19.6 Å². The van der Waals surface area contributed by atoms with Gasteiger partial charge in [0.1, 0.15) is 11.3 Å². The molecule has 0 aliphatic rings. The molecule has 2 rings (SSSR count). The summed E-state index contributed by atoms with van der Waals surface area (Å²) >= 11 is 0. The van der Waals surface area contributed by atoms with Crippen LogP contribution in [0.25, 0.3) is 11.0 Å². The van der Waals surface area contributed by atoms with Crippen LogP contribution < -0.4 is 10.6 Å². The molecule has 0 saturated carbocycles. The summed E-state index contributed by atoms with van der Waals surface area (Å²) in [6, 6.07) is 3.85. The second-order valence-corrected chi connectivity index (χ2v) is 5.61. The summed E-state index contributed by atoms with van der Waals surface area (Å²) in [7, 11) is 0. The molecule has 0 bridgehead atoms. The number of esters is 1. The van der Waals surface area contributed by atoms with Crippen LogP contribution in [0, 0.1) is 0 Å². The quantitative estimate of drug-likeness (QED) is 0.686. The molecule has 1 atom stereocenters. The Morgan fingerprint density at radius 2 is 2.08 bits per heavy atom. The van der Waals surface area contributed by atoms with Crippen molar-refractivity contribution in [1.82, 2.24) is 10.6 Å². The van der Waals surface area contributed by atoms with Crippen molar-refractivity contribution in [1.29, 1.82) is 0 Å². The summed E-state index contributed by atoms with van der Waals surface area (Å²) in [5.74, 6) is -1.28. The number of carbonyl (C=O) groups excluding carboxylic acids is 3. The molecule has 1 heterocycles. The Hall–Kier alpha value is -3.03. The van der Waals surface area contributed by atoms with Crippen molar-refractivity contribution in [3.8, 4) is 5.75 Å². The lowest BCUT2D eigenvalue weighted by molar-refractivity contribution is -0.147. The number of nitrogens with one attached hydrogen (secondary N) is 2. The van der Waals surface area contributed by atoms with Crippen molar-refractivity contribution in [2.24, 2.45) is 0 Å². The van der Waals surface area contributed by atoms with E-state index in [1.807, 2.05) is 6.92 Å². The summed E-state index contributed by atoms with van der Waals surface area (Å²) in [5.41, 5.74) is 1.03. The van der Waals surface area contributed by atoms with E-state index >= 15 is 0 Å². The van der Waals surface area contributed by atoms with Crippen LogP contribution in [-0.4, -0.2) is 35.7 Å². The number of phenolic OH excluding ortho intramolecular Hbond substituents is 1. The largest absolute Gasteiger partial charge is 0.508 e. The average Bonchev–Trinajstić information content (AvgIpc) is 2.94. The van der Waals surface area contributed by atoms with Crippen LogP contribution in [0.5, 0.6) is 5.75 Å². The van der Waals surface area contributed by atoms with Crippen LogP contribution in [-0.2, 0) is 20.7 Å². The van der Waals surface area contributed by atoms with Gasteiger partial charge in [-0.25, -0.2) is 4.79 Å². The van der Waals surface area contributed by atoms with E-state index in [2.05, 4.69) is 10.6 Å². The second kappa shape index (κ2) is 8.18. The molecule has 2 aromatic rings. The number of aromatic hydroxyl groups is 1. The molecule has 8 nitrogen and oxygen atoms in total. The number of benzene rings is 1. The lowest BCUT2D eigenvalue weighted by Crippen LogP contribution is -2.44. The van der Waals surface area contributed by atoms with Crippen molar-refractivity contribution in [2.75, 3.05) is 6.61 Å². The summed E-state index contributed by atoms with van der Waals surface area (Å²) in [6.07, 6.45) is 2.03. The molecule has 1 aromatic carbocycles. The Bertz CT molecular complexity index is 783. The summed E-state index contributed by atoms with van der Waals surface area (Å²) in [5, 5.41) is 14.7. The third-order valence-corrected chi connectivity index (χ3v) is 3.58. The highest BCUT2D eigenvalue weighted by molar-refractivity contribution is 5.95. The van der Waals surface area contributed by atoms with E-state index in [0.717, 1.165) is 6.42 Å². The number of imide groups is 1. The van der Waals surface area contributed by atoms with Gasteiger partial charge in [-0.1, -0.05) is 6.92 Å². The van der Waals surface area contributed by atoms with Gasteiger partial charge in [0, 0.05) is 23.1 Å². The molecule has 1 aromatic heterocycles. The van der Waals surface area contributed by atoms with E-state index in [0.29, 0.717) is 16.5 Å². The molecule has 0 fully saturated rings. The zero-order valence-corrected chi connectivity index (χ0v) is 14.0. The van der Waals surface area contributed by atoms with E-state index in [1.165, 1.54) is 18.4 Å². The Labute approximate surface area is 144 Å². The van der Waals surface area contributed by atoms with Crippen LogP contribution in [0.2, 0.25) is 0 Å². The highest BCUT2D eigenvalue weighted by Gasteiger charge is 2.15. The topological polar surface area (TPSA) is 118 Å². The minimum atomic E-state index is -0.712. The first-order chi connectivity index (χ1) is 11.9. The molecule has 8 heteroatoms. The average molecular weight is 348 g/mol. The zero-order chi connectivity index (χ0) is 18.4. The molecule has 0 aliphatic carbocycles. The number of rotatable bonds is 6. The van der Waals surface area contributed by atoms with Crippen LogP contribution in [0.15, 0.2) is 28.9 Å². The van der Waals surface area contributed by atoms with Crippen LogP contribution >= 0.6 is 0 Å². The van der Waals surface area contributed by atoms with Gasteiger partial charge in [-0.15, -0.1) is 0 Å². The van der Waals surface area contributed by atoms with Gasteiger partial charge in [-0.2, -0.15) is 0 Å². The second-order valence-electron chi connectivity index (χ2n) is 5.61. The van der Waals surface area contributed by atoms with Gasteiger partial charge in [0.2, 0.25) is 0 Å². The number of urea groups is 1. The van der Waals surface area contributed by atoms with E-state index in [4.69, 9.17) is 9.15 Å². The lowest BCUT2D eigenvalue weighted by atomic mass is 10.1. The molecule has 3 amide bonds. The fourth-order valence-electron chi connectivity index (χ4n) is 2.09. The molecule has 0 saturated heterocycles. The van der Waals surface area contributed by atoms with Gasteiger partial charge in [0.25, 0.3) is 5.91 Å². The molecule has 3 N–H and O–H groups in total. The monoisotopic (exact) mass is 348 g/mol. The highest BCUT2D eigenvalue weighted by atomic mass is 16.5. The van der Waals surface area contributed by atoms with Crippen molar-refractivity contribution in [3.05, 3.63) is 30.0 Å². The van der Waals surface area contributed by atoms with Crippen molar-refractivity contribution in [3.63, 3.8) is 0 Å². The fourth-order valence-corrected chi connectivity index (χ4v) is 2.09. The highest BCUT2D eigenvalue weighted by Crippen LogP contribution is 2.25. The summed E-state index contributed by atoms with van der Waals surface area (Å²) in [4.78, 5) is 34.9. The van der Waals surface area contributed by atoms with Crippen LogP contribution in [0.1, 0.15) is 25.8 Å². The van der Waals surface area contributed by atoms with Gasteiger partial charge in [0.15, 0.2) is 6.61 Å². The lowest BCUT2D eigenvalue weighted by Gasteiger charge is -2.11. The molecule has 0 radical (unpaired) electrons. The maximum atomic E-state index is 11.8. The normalized spacial score (nSPS) is 11.8. The van der Waals surface area contributed by atoms with Gasteiger partial charge in [0.05, 0.1) is 12.7 Å².